The van der Waals surface area contributed by atoms with E-state index in [2.05, 4.69) is 18.8 Å². The van der Waals surface area contributed by atoms with Gasteiger partial charge in [-0.25, -0.2) is 10.2 Å². The minimum atomic E-state index is -0.355. The molecule has 2 rings (SSSR count). The van der Waals surface area contributed by atoms with Crippen molar-refractivity contribution in [1.29, 1.82) is 0 Å². The number of pyridine rings is 1. The zero-order chi connectivity index (χ0) is 16.9. The molecule has 0 aliphatic heterocycles. The van der Waals surface area contributed by atoms with E-state index in [9.17, 15) is 9.50 Å². The normalized spacial score (nSPS) is 14.0. The Kier molecular flexibility index (Phi) is 5.91. The van der Waals surface area contributed by atoms with Crippen LogP contribution in [0.2, 0.25) is 0 Å². The van der Waals surface area contributed by atoms with Crippen LogP contribution in [0.4, 0.5) is 10.1 Å². The summed E-state index contributed by atoms with van der Waals surface area (Å²) >= 11 is 0. The third kappa shape index (κ3) is 3.98. The highest BCUT2D eigenvalue weighted by Gasteiger charge is 2.30. The lowest BCUT2D eigenvalue weighted by molar-refractivity contribution is 0.229. The van der Waals surface area contributed by atoms with Gasteiger partial charge in [0.25, 0.3) is 0 Å². The summed E-state index contributed by atoms with van der Waals surface area (Å²) in [6, 6.07) is 6.38. The molecule has 0 spiro atoms. The fourth-order valence-electron chi connectivity index (χ4n) is 2.97. The maximum absolute atomic E-state index is 13.4. The topological polar surface area (TPSA) is 62.4 Å². The van der Waals surface area contributed by atoms with Crippen molar-refractivity contribution in [3.63, 3.8) is 0 Å². The summed E-state index contributed by atoms with van der Waals surface area (Å²) in [7, 11) is 0. The van der Waals surface area contributed by atoms with Gasteiger partial charge in [0.05, 0.1) is 16.7 Å². The molecule has 1 aromatic heterocycles. The number of nitrogens with two attached hydrogens (primary N) is 1. The zero-order valence-electron chi connectivity index (χ0n) is 13.9. The summed E-state index contributed by atoms with van der Waals surface area (Å²) < 4.78 is 13.4. The molecule has 4 nitrogen and oxygen atoms in total. The van der Waals surface area contributed by atoms with Crippen molar-refractivity contribution in [2.45, 2.75) is 51.5 Å². The van der Waals surface area contributed by atoms with Gasteiger partial charge in [0.1, 0.15) is 5.82 Å². The Labute approximate surface area is 137 Å². The van der Waals surface area contributed by atoms with Crippen molar-refractivity contribution in [3.05, 3.63) is 36.3 Å². The van der Waals surface area contributed by atoms with Gasteiger partial charge in [-0.2, -0.15) is 0 Å². The third-order valence-electron chi connectivity index (χ3n) is 4.49. The Morgan fingerprint density at radius 3 is 2.74 bits per heavy atom. The average molecular weight is 319 g/mol. The van der Waals surface area contributed by atoms with Crippen molar-refractivity contribution in [2.24, 2.45) is 5.84 Å². The number of aromatic nitrogens is 1. The maximum Gasteiger partial charge on any atom is 0.125 e. The average Bonchev–Trinajstić information content (AvgIpc) is 2.53. The fourth-order valence-corrected chi connectivity index (χ4v) is 2.97. The molecule has 2 aromatic rings. The highest BCUT2D eigenvalue weighted by Crippen LogP contribution is 2.33. The Morgan fingerprint density at radius 1 is 1.26 bits per heavy atom. The minimum Gasteiger partial charge on any atom is -0.396 e. The van der Waals surface area contributed by atoms with Crippen LogP contribution in [0.1, 0.15) is 46.0 Å². The van der Waals surface area contributed by atoms with E-state index < -0.39 is 0 Å². The number of anilines is 1. The smallest absolute Gasteiger partial charge is 0.125 e. The molecular weight excluding hydrogens is 293 g/mol. The van der Waals surface area contributed by atoms with Gasteiger partial charge in [-0.3, -0.25) is 4.98 Å². The van der Waals surface area contributed by atoms with Crippen LogP contribution in [-0.2, 0) is 0 Å². The number of hydrogen-bond donors (Lipinski definition) is 2. The number of benzene rings is 1. The standard InChI is InChI=1S/C18H26FN3O/c1-3-4-5-9-18(2,10-12-23)22(20)17-8-11-21-16-13-14(19)6-7-15(16)17/h6-8,11,13,23H,3-5,9-10,12,20H2,1-2H3. The van der Waals surface area contributed by atoms with Crippen LogP contribution in [0.3, 0.4) is 0 Å². The van der Waals surface area contributed by atoms with Crippen LogP contribution in [0, 0.1) is 5.82 Å². The summed E-state index contributed by atoms with van der Waals surface area (Å²) in [5, 5.41) is 12.0. The van der Waals surface area contributed by atoms with Crippen molar-refractivity contribution >= 4 is 16.6 Å². The molecule has 1 aromatic carbocycles. The molecule has 5 heteroatoms. The largest absolute Gasteiger partial charge is 0.396 e. The van der Waals surface area contributed by atoms with Crippen LogP contribution >= 0.6 is 0 Å². The first-order chi connectivity index (χ1) is 11.0. The number of aliphatic hydroxyl groups is 1. The number of fused-ring (bicyclic) bond motifs is 1. The van der Waals surface area contributed by atoms with E-state index in [0.29, 0.717) is 11.9 Å². The number of hydrazine groups is 1. The van der Waals surface area contributed by atoms with Gasteiger partial charge in [0.2, 0.25) is 0 Å². The monoisotopic (exact) mass is 319 g/mol. The van der Waals surface area contributed by atoms with Gasteiger partial charge >= 0.3 is 0 Å². The summed E-state index contributed by atoms with van der Waals surface area (Å²) in [6.45, 7) is 4.30. The predicted molar refractivity (Wildman–Crippen MR) is 92.6 cm³/mol. The van der Waals surface area contributed by atoms with Crippen LogP contribution in [0.15, 0.2) is 30.5 Å². The second-order valence-corrected chi connectivity index (χ2v) is 6.29. The summed E-state index contributed by atoms with van der Waals surface area (Å²) in [6.07, 6.45) is 6.44. The summed E-state index contributed by atoms with van der Waals surface area (Å²) in [5.41, 5.74) is 1.03. The highest BCUT2D eigenvalue weighted by atomic mass is 19.1. The fraction of sp³-hybridized carbons (Fsp3) is 0.500. The first kappa shape index (κ1) is 17.6. The summed E-state index contributed by atoms with van der Waals surface area (Å²) in [5.74, 6) is 6.13. The van der Waals surface area contributed by atoms with Gasteiger partial charge in [0, 0.05) is 24.3 Å². The van der Waals surface area contributed by atoms with E-state index in [1.165, 1.54) is 12.1 Å². The number of rotatable bonds is 8. The summed E-state index contributed by atoms with van der Waals surface area (Å²) in [4.78, 5) is 4.22. The minimum absolute atomic E-state index is 0.0774. The Balaban J connectivity index is 2.37. The lowest BCUT2D eigenvalue weighted by Gasteiger charge is -2.40. The molecular formula is C18H26FN3O. The first-order valence-electron chi connectivity index (χ1n) is 8.22. The number of halogens is 1. The van der Waals surface area contributed by atoms with E-state index in [1.54, 1.807) is 17.3 Å². The van der Waals surface area contributed by atoms with Crippen molar-refractivity contribution in [2.75, 3.05) is 11.6 Å². The van der Waals surface area contributed by atoms with Crippen LogP contribution < -0.4 is 10.9 Å². The molecule has 0 aliphatic carbocycles. The lowest BCUT2D eigenvalue weighted by atomic mass is 9.89. The van der Waals surface area contributed by atoms with Gasteiger partial charge in [-0.05, 0) is 38.0 Å². The SMILES string of the molecule is CCCCCC(C)(CCO)N(N)c1ccnc2cc(F)ccc12. The number of hydrogen-bond acceptors (Lipinski definition) is 4. The lowest BCUT2D eigenvalue weighted by Crippen LogP contribution is -2.52. The Hall–Kier alpha value is -1.72. The molecule has 3 N–H and O–H groups in total. The van der Waals surface area contributed by atoms with Crippen LogP contribution in [0.5, 0.6) is 0 Å². The first-order valence-corrected chi connectivity index (χ1v) is 8.22. The van der Waals surface area contributed by atoms with E-state index in [0.717, 1.165) is 36.8 Å². The zero-order valence-corrected chi connectivity index (χ0v) is 13.9. The van der Waals surface area contributed by atoms with Crippen molar-refractivity contribution < 1.29 is 9.50 Å². The van der Waals surface area contributed by atoms with E-state index in [4.69, 9.17) is 5.84 Å². The molecule has 0 saturated carbocycles. The van der Waals surface area contributed by atoms with Gasteiger partial charge in [0.15, 0.2) is 0 Å². The number of nitrogens with zero attached hydrogens (tertiary/aromatic N) is 2. The van der Waals surface area contributed by atoms with E-state index in [1.807, 2.05) is 6.07 Å². The molecule has 126 valence electrons. The van der Waals surface area contributed by atoms with E-state index in [-0.39, 0.29) is 18.0 Å². The molecule has 0 aliphatic rings. The maximum atomic E-state index is 13.4. The molecule has 0 saturated heterocycles. The second kappa shape index (κ2) is 7.70. The molecule has 0 amide bonds. The van der Waals surface area contributed by atoms with Crippen molar-refractivity contribution in [3.8, 4) is 0 Å². The number of unbranched alkanes of at least 4 members (excludes halogenated alkanes) is 2. The third-order valence-corrected chi connectivity index (χ3v) is 4.49. The van der Waals surface area contributed by atoms with Crippen LogP contribution in [0.25, 0.3) is 10.9 Å². The molecule has 0 radical (unpaired) electrons. The van der Waals surface area contributed by atoms with Gasteiger partial charge in [-0.1, -0.05) is 26.2 Å². The predicted octanol–water partition coefficient (Wildman–Crippen LogP) is 3.78. The number of aliphatic hydroxyl groups excluding tert-OH is 1. The highest BCUT2D eigenvalue weighted by molar-refractivity contribution is 5.91. The molecule has 1 atom stereocenters. The Morgan fingerprint density at radius 2 is 2.04 bits per heavy atom. The molecule has 23 heavy (non-hydrogen) atoms. The van der Waals surface area contributed by atoms with Gasteiger partial charge in [-0.15, -0.1) is 0 Å². The van der Waals surface area contributed by atoms with Gasteiger partial charge < -0.3 is 10.1 Å². The molecule has 0 fully saturated rings. The molecule has 1 unspecified atom stereocenters. The quantitative estimate of drug-likeness (QED) is 0.441. The second-order valence-electron chi connectivity index (χ2n) is 6.29. The molecule has 0 bridgehead atoms. The molecule has 1 heterocycles. The Bertz CT molecular complexity index is 649. The van der Waals surface area contributed by atoms with Crippen LogP contribution in [-0.4, -0.2) is 22.2 Å². The van der Waals surface area contributed by atoms with Crippen molar-refractivity contribution in [1.82, 2.24) is 4.98 Å². The van der Waals surface area contributed by atoms with E-state index >= 15 is 0 Å².